The van der Waals surface area contributed by atoms with Crippen LogP contribution in [0.4, 0.5) is 4.79 Å². The second-order valence-electron chi connectivity index (χ2n) is 4.86. The molecule has 0 aromatic carbocycles. The van der Waals surface area contributed by atoms with Gasteiger partial charge in [0.15, 0.2) is 0 Å². The number of methoxy groups -OCH3 is 1. The Morgan fingerprint density at radius 2 is 1.94 bits per heavy atom. The van der Waals surface area contributed by atoms with Crippen LogP contribution in [0.25, 0.3) is 0 Å². The van der Waals surface area contributed by atoms with Crippen molar-refractivity contribution in [1.29, 1.82) is 0 Å². The number of cyclic esters (lactones) is 2. The maximum atomic E-state index is 11.8. The standard InChI is InChI=1S/C12H13NO5/c1-5-6-3-4-7(13(5)12(16)17-2)9-8(6)10(14)18-11(9)15/h3-9H,1-2H3/t5-,6+,7+,8+,9-/m1/s1. The predicted octanol–water partition coefficient (Wildman–Crippen LogP) is 0.327. The molecule has 6 heteroatoms. The van der Waals surface area contributed by atoms with E-state index >= 15 is 0 Å². The van der Waals surface area contributed by atoms with E-state index in [1.165, 1.54) is 12.0 Å². The number of nitrogens with zero attached hydrogens (tertiary/aromatic N) is 1. The minimum absolute atomic E-state index is 0.174. The first-order valence-electron chi connectivity index (χ1n) is 5.86. The van der Waals surface area contributed by atoms with Gasteiger partial charge in [0.25, 0.3) is 0 Å². The van der Waals surface area contributed by atoms with E-state index in [9.17, 15) is 14.4 Å². The predicted molar refractivity (Wildman–Crippen MR) is 58.2 cm³/mol. The van der Waals surface area contributed by atoms with Crippen LogP contribution < -0.4 is 0 Å². The van der Waals surface area contributed by atoms with Crippen molar-refractivity contribution in [3.63, 3.8) is 0 Å². The monoisotopic (exact) mass is 251 g/mol. The molecule has 0 aromatic heterocycles. The molecular formula is C12H13NO5. The number of hydrogen-bond donors (Lipinski definition) is 0. The lowest BCUT2D eigenvalue weighted by molar-refractivity contribution is -0.153. The van der Waals surface area contributed by atoms with E-state index < -0.39 is 35.9 Å². The summed E-state index contributed by atoms with van der Waals surface area (Å²) in [7, 11) is 1.30. The number of carbonyl (C=O) groups excluding carboxylic acids is 3. The lowest BCUT2D eigenvalue weighted by Gasteiger charge is -2.49. The Hall–Kier alpha value is -1.85. The van der Waals surface area contributed by atoms with E-state index in [2.05, 4.69) is 0 Å². The molecule has 0 N–H and O–H groups in total. The van der Waals surface area contributed by atoms with Crippen molar-refractivity contribution >= 4 is 18.0 Å². The second kappa shape index (κ2) is 3.57. The molecule has 6 nitrogen and oxygen atoms in total. The Labute approximate surface area is 104 Å². The van der Waals surface area contributed by atoms with E-state index in [0.717, 1.165) is 0 Å². The van der Waals surface area contributed by atoms with Gasteiger partial charge in [0.2, 0.25) is 0 Å². The number of hydrogen-bond acceptors (Lipinski definition) is 5. The quantitative estimate of drug-likeness (QED) is 0.352. The highest BCUT2D eigenvalue weighted by Gasteiger charge is 2.61. The number of esters is 2. The molecular weight excluding hydrogens is 238 g/mol. The van der Waals surface area contributed by atoms with Crippen LogP contribution in [0, 0.1) is 17.8 Å². The van der Waals surface area contributed by atoms with Crippen molar-refractivity contribution in [1.82, 2.24) is 4.90 Å². The third-order valence-corrected chi connectivity index (χ3v) is 4.15. The molecule has 1 amide bonds. The van der Waals surface area contributed by atoms with Crippen LogP contribution in [0.2, 0.25) is 0 Å². The molecule has 96 valence electrons. The van der Waals surface area contributed by atoms with Crippen LogP contribution in [0.3, 0.4) is 0 Å². The summed E-state index contributed by atoms with van der Waals surface area (Å²) >= 11 is 0. The molecule has 2 saturated heterocycles. The van der Waals surface area contributed by atoms with Gasteiger partial charge in [-0.2, -0.15) is 0 Å². The molecule has 0 saturated carbocycles. The Bertz CT molecular complexity index is 471. The van der Waals surface area contributed by atoms with Crippen molar-refractivity contribution in [3.8, 4) is 0 Å². The van der Waals surface area contributed by atoms with Gasteiger partial charge < -0.3 is 9.47 Å². The second-order valence-corrected chi connectivity index (χ2v) is 4.86. The zero-order valence-corrected chi connectivity index (χ0v) is 10.0. The van der Waals surface area contributed by atoms with Crippen LogP contribution >= 0.6 is 0 Å². The van der Waals surface area contributed by atoms with Crippen molar-refractivity contribution in [3.05, 3.63) is 12.2 Å². The normalized spacial score (nSPS) is 40.8. The van der Waals surface area contributed by atoms with Gasteiger partial charge >= 0.3 is 18.0 Å². The van der Waals surface area contributed by atoms with Crippen LogP contribution in [0.5, 0.6) is 0 Å². The highest BCUT2D eigenvalue weighted by molar-refractivity contribution is 5.98. The van der Waals surface area contributed by atoms with Crippen molar-refractivity contribution < 1.29 is 23.9 Å². The van der Waals surface area contributed by atoms with Gasteiger partial charge in [-0.15, -0.1) is 0 Å². The number of piperidine rings is 1. The average molecular weight is 251 g/mol. The van der Waals surface area contributed by atoms with Crippen molar-refractivity contribution in [2.45, 2.75) is 19.0 Å². The van der Waals surface area contributed by atoms with Crippen molar-refractivity contribution in [2.24, 2.45) is 17.8 Å². The number of ether oxygens (including phenoxy) is 2. The molecule has 3 heterocycles. The largest absolute Gasteiger partial charge is 0.453 e. The summed E-state index contributed by atoms with van der Waals surface area (Å²) in [4.78, 5) is 36.7. The number of rotatable bonds is 0. The van der Waals surface area contributed by atoms with E-state index in [1.807, 2.05) is 13.0 Å². The minimum Gasteiger partial charge on any atom is -0.453 e. The summed E-state index contributed by atoms with van der Waals surface area (Å²) in [6, 6.07) is -0.617. The summed E-state index contributed by atoms with van der Waals surface area (Å²) in [5.74, 6) is -2.23. The summed E-state index contributed by atoms with van der Waals surface area (Å²) in [5, 5.41) is 0. The fraction of sp³-hybridized carbons (Fsp3) is 0.583. The van der Waals surface area contributed by atoms with E-state index in [0.29, 0.717) is 0 Å². The fourth-order valence-corrected chi connectivity index (χ4v) is 3.34. The third kappa shape index (κ3) is 1.20. The zero-order valence-electron chi connectivity index (χ0n) is 10.0. The lowest BCUT2D eigenvalue weighted by Crippen LogP contribution is -2.62. The van der Waals surface area contributed by atoms with Gasteiger partial charge in [0, 0.05) is 12.0 Å². The number of fused-ring (bicyclic) bond motifs is 1. The SMILES string of the molecule is COC(=O)N1[C@H](C)[C@@H]2C=C[C@H]1[C@H]1C(=O)OC(=O)[C@@H]21. The molecule has 2 fully saturated rings. The van der Waals surface area contributed by atoms with Gasteiger partial charge in [-0.1, -0.05) is 12.2 Å². The van der Waals surface area contributed by atoms with Gasteiger partial charge in [-0.25, -0.2) is 4.79 Å². The molecule has 0 spiro atoms. The highest BCUT2D eigenvalue weighted by Crippen LogP contribution is 2.47. The molecule has 0 aromatic rings. The molecule has 0 unspecified atom stereocenters. The Kier molecular flexibility index (Phi) is 2.23. The molecule has 18 heavy (non-hydrogen) atoms. The first-order valence-corrected chi connectivity index (χ1v) is 5.86. The molecule has 4 rings (SSSR count). The molecule has 0 radical (unpaired) electrons. The van der Waals surface area contributed by atoms with Crippen LogP contribution in [-0.4, -0.2) is 42.1 Å². The smallest absolute Gasteiger partial charge is 0.410 e. The lowest BCUT2D eigenvalue weighted by atomic mass is 9.67. The van der Waals surface area contributed by atoms with E-state index in [4.69, 9.17) is 9.47 Å². The minimum atomic E-state index is -0.581. The van der Waals surface area contributed by atoms with Crippen molar-refractivity contribution in [2.75, 3.05) is 7.11 Å². The maximum Gasteiger partial charge on any atom is 0.410 e. The van der Waals surface area contributed by atoms with Gasteiger partial charge in [0.1, 0.15) is 0 Å². The zero-order chi connectivity index (χ0) is 13.0. The molecule has 5 atom stereocenters. The Morgan fingerprint density at radius 3 is 2.61 bits per heavy atom. The first-order chi connectivity index (χ1) is 8.56. The third-order valence-electron chi connectivity index (χ3n) is 4.15. The summed E-state index contributed by atoms with van der Waals surface area (Å²) in [6.07, 6.45) is 3.21. The molecule has 3 aliphatic heterocycles. The summed E-state index contributed by atoms with van der Waals surface area (Å²) < 4.78 is 9.44. The van der Waals surface area contributed by atoms with Gasteiger partial charge in [-0.3, -0.25) is 14.5 Å². The van der Waals surface area contributed by atoms with Crippen LogP contribution in [0.15, 0.2) is 12.2 Å². The van der Waals surface area contributed by atoms with E-state index in [1.54, 1.807) is 6.08 Å². The summed E-state index contributed by atoms with van der Waals surface area (Å²) in [6.45, 7) is 1.85. The first kappa shape index (κ1) is 11.3. The average Bonchev–Trinajstić information content (AvgIpc) is 2.66. The Balaban J connectivity index is 2.03. The molecule has 1 aliphatic carbocycles. The van der Waals surface area contributed by atoms with Gasteiger partial charge in [0.05, 0.1) is 25.0 Å². The molecule has 4 aliphatic rings. The maximum absolute atomic E-state index is 11.8. The highest BCUT2D eigenvalue weighted by atomic mass is 16.6. The molecule has 2 bridgehead atoms. The Morgan fingerprint density at radius 1 is 1.28 bits per heavy atom. The van der Waals surface area contributed by atoms with Crippen LogP contribution in [0.1, 0.15) is 6.92 Å². The topological polar surface area (TPSA) is 72.9 Å². The van der Waals surface area contributed by atoms with E-state index in [-0.39, 0.29) is 12.0 Å². The van der Waals surface area contributed by atoms with Gasteiger partial charge in [-0.05, 0) is 6.92 Å². The summed E-state index contributed by atoms with van der Waals surface area (Å²) in [5.41, 5.74) is 0. The fourth-order valence-electron chi connectivity index (χ4n) is 3.34. The number of carbonyl (C=O) groups is 3. The van der Waals surface area contributed by atoms with Crippen LogP contribution in [-0.2, 0) is 19.1 Å². The number of amides is 1.